The van der Waals surface area contributed by atoms with Gasteiger partial charge in [0.25, 0.3) is 0 Å². The molecule has 0 bridgehead atoms. The van der Waals surface area contributed by atoms with Gasteiger partial charge < -0.3 is 5.73 Å². The summed E-state index contributed by atoms with van der Waals surface area (Å²) in [6, 6.07) is 0. The first-order chi connectivity index (χ1) is 5.53. The lowest BCUT2D eigenvalue weighted by atomic mass is 9.96. The fourth-order valence-electron chi connectivity index (χ4n) is 1.58. The van der Waals surface area contributed by atoms with E-state index in [0.717, 1.165) is 12.8 Å². The maximum absolute atomic E-state index is 12.0. The van der Waals surface area contributed by atoms with Gasteiger partial charge in [0, 0.05) is 6.42 Å². The quantitative estimate of drug-likeness (QED) is 0.707. The highest BCUT2D eigenvalue weighted by molar-refractivity contribution is 4.82. The molecule has 0 amide bonds. The number of alkyl halides is 3. The van der Waals surface area contributed by atoms with Crippen molar-refractivity contribution in [2.24, 2.45) is 17.6 Å². The van der Waals surface area contributed by atoms with E-state index in [4.69, 9.17) is 5.73 Å². The van der Waals surface area contributed by atoms with Crippen LogP contribution in [0.4, 0.5) is 13.2 Å². The number of hydrogen-bond acceptors (Lipinski definition) is 1. The lowest BCUT2D eigenvalue weighted by Gasteiger charge is -2.16. The van der Waals surface area contributed by atoms with E-state index in [1.807, 2.05) is 0 Å². The molecule has 1 unspecified atom stereocenters. The van der Waals surface area contributed by atoms with E-state index in [1.54, 1.807) is 0 Å². The number of halogens is 3. The van der Waals surface area contributed by atoms with Crippen molar-refractivity contribution in [1.82, 2.24) is 0 Å². The maximum atomic E-state index is 12.0. The topological polar surface area (TPSA) is 26.0 Å². The lowest BCUT2D eigenvalue weighted by molar-refractivity contribution is -0.146. The van der Waals surface area contributed by atoms with Gasteiger partial charge in [-0.15, -0.1) is 0 Å². The molecule has 72 valence electrons. The smallest absolute Gasteiger partial charge is 0.330 e. The number of nitrogens with two attached hydrogens (primary N) is 1. The van der Waals surface area contributed by atoms with Gasteiger partial charge in [-0.25, -0.2) is 0 Å². The molecule has 2 N–H and O–H groups in total. The van der Waals surface area contributed by atoms with Crippen molar-refractivity contribution in [3.05, 3.63) is 0 Å². The molecule has 1 nitrogen and oxygen atoms in total. The van der Waals surface area contributed by atoms with Crippen LogP contribution in [0.2, 0.25) is 0 Å². The zero-order valence-electron chi connectivity index (χ0n) is 6.90. The zero-order valence-corrected chi connectivity index (χ0v) is 6.90. The van der Waals surface area contributed by atoms with Crippen LogP contribution < -0.4 is 5.73 Å². The van der Waals surface area contributed by atoms with Gasteiger partial charge in [-0.1, -0.05) is 0 Å². The molecule has 1 fully saturated rings. The summed E-state index contributed by atoms with van der Waals surface area (Å²) >= 11 is 0. The molecule has 1 saturated carbocycles. The third kappa shape index (κ3) is 3.43. The largest absolute Gasteiger partial charge is 0.389 e. The Morgan fingerprint density at radius 3 is 2.25 bits per heavy atom. The van der Waals surface area contributed by atoms with Crippen LogP contribution in [0.1, 0.15) is 25.7 Å². The van der Waals surface area contributed by atoms with E-state index in [0.29, 0.717) is 18.9 Å². The normalized spacial score (nSPS) is 21.0. The Morgan fingerprint density at radius 1 is 1.33 bits per heavy atom. The van der Waals surface area contributed by atoms with Crippen LogP contribution in [0.15, 0.2) is 0 Å². The lowest BCUT2D eigenvalue weighted by Crippen LogP contribution is -2.19. The van der Waals surface area contributed by atoms with Gasteiger partial charge in [-0.3, -0.25) is 0 Å². The minimum atomic E-state index is -4.01. The molecule has 4 heteroatoms. The molecule has 0 saturated heterocycles. The van der Waals surface area contributed by atoms with Gasteiger partial charge in [0.1, 0.15) is 0 Å². The van der Waals surface area contributed by atoms with Crippen molar-refractivity contribution in [2.45, 2.75) is 31.9 Å². The monoisotopic (exact) mass is 181 g/mol. The van der Waals surface area contributed by atoms with Crippen molar-refractivity contribution in [2.75, 3.05) is 6.54 Å². The van der Waals surface area contributed by atoms with Crippen LogP contribution in [0.5, 0.6) is 0 Å². The molecular formula is C8H14F3N. The van der Waals surface area contributed by atoms with E-state index >= 15 is 0 Å². The van der Waals surface area contributed by atoms with Crippen LogP contribution in [0, 0.1) is 11.8 Å². The highest BCUT2D eigenvalue weighted by Crippen LogP contribution is 2.43. The molecule has 1 atom stereocenters. The van der Waals surface area contributed by atoms with Crippen molar-refractivity contribution < 1.29 is 13.2 Å². The molecule has 0 heterocycles. The van der Waals surface area contributed by atoms with Crippen LogP contribution in [0.25, 0.3) is 0 Å². The van der Waals surface area contributed by atoms with Crippen molar-refractivity contribution in [3.63, 3.8) is 0 Å². The minimum absolute atomic E-state index is 0.213. The first kappa shape index (κ1) is 9.84. The number of rotatable bonds is 4. The van der Waals surface area contributed by atoms with E-state index < -0.39 is 12.6 Å². The molecule has 1 aliphatic rings. The average molecular weight is 181 g/mol. The Balaban J connectivity index is 2.32. The molecule has 0 aromatic heterocycles. The molecule has 1 aliphatic carbocycles. The van der Waals surface area contributed by atoms with Gasteiger partial charge >= 0.3 is 6.18 Å². The molecule has 1 rings (SSSR count). The van der Waals surface area contributed by atoms with Gasteiger partial charge in [0.15, 0.2) is 0 Å². The van der Waals surface area contributed by atoms with Crippen LogP contribution in [0.3, 0.4) is 0 Å². The second-order valence-electron chi connectivity index (χ2n) is 3.49. The number of hydrogen-bond donors (Lipinski definition) is 1. The third-order valence-electron chi connectivity index (χ3n) is 2.32. The summed E-state index contributed by atoms with van der Waals surface area (Å²) in [6.07, 6.45) is -2.22. The zero-order chi connectivity index (χ0) is 9.19. The SMILES string of the molecule is NCCC(CC(F)(F)F)C1CC1. The second kappa shape index (κ2) is 3.64. The Hall–Kier alpha value is -0.250. The second-order valence-corrected chi connectivity index (χ2v) is 3.49. The molecule has 0 aromatic rings. The predicted molar refractivity (Wildman–Crippen MR) is 40.6 cm³/mol. The van der Waals surface area contributed by atoms with Crippen molar-refractivity contribution in [3.8, 4) is 0 Å². The third-order valence-corrected chi connectivity index (χ3v) is 2.32. The summed E-state index contributed by atoms with van der Waals surface area (Å²) < 4.78 is 35.9. The highest BCUT2D eigenvalue weighted by Gasteiger charge is 2.39. The molecule has 0 radical (unpaired) electrons. The summed E-state index contributed by atoms with van der Waals surface area (Å²) in [5, 5.41) is 0. The Morgan fingerprint density at radius 2 is 1.92 bits per heavy atom. The molecule has 12 heavy (non-hydrogen) atoms. The predicted octanol–water partition coefficient (Wildman–Crippen LogP) is 2.31. The fourth-order valence-corrected chi connectivity index (χ4v) is 1.58. The average Bonchev–Trinajstić information content (AvgIpc) is 2.63. The van der Waals surface area contributed by atoms with Gasteiger partial charge in [0.2, 0.25) is 0 Å². The minimum Gasteiger partial charge on any atom is -0.330 e. The highest BCUT2D eigenvalue weighted by atomic mass is 19.4. The maximum Gasteiger partial charge on any atom is 0.389 e. The van der Waals surface area contributed by atoms with E-state index in [2.05, 4.69) is 0 Å². The summed E-state index contributed by atoms with van der Waals surface area (Å²) in [6.45, 7) is 0.372. The van der Waals surface area contributed by atoms with Gasteiger partial charge in [0.05, 0.1) is 0 Å². The van der Waals surface area contributed by atoms with Crippen LogP contribution in [-0.2, 0) is 0 Å². The van der Waals surface area contributed by atoms with E-state index in [-0.39, 0.29) is 5.92 Å². The van der Waals surface area contributed by atoms with Gasteiger partial charge in [-0.05, 0) is 37.6 Å². The Labute approximate surface area is 70.1 Å². The molecular weight excluding hydrogens is 167 g/mol. The first-order valence-electron chi connectivity index (χ1n) is 4.30. The van der Waals surface area contributed by atoms with Crippen LogP contribution in [-0.4, -0.2) is 12.7 Å². The summed E-state index contributed by atoms with van der Waals surface area (Å²) in [5.41, 5.74) is 5.25. The van der Waals surface area contributed by atoms with E-state index in [1.165, 1.54) is 0 Å². The van der Waals surface area contributed by atoms with Crippen molar-refractivity contribution in [1.29, 1.82) is 0 Å². The van der Waals surface area contributed by atoms with Crippen LogP contribution >= 0.6 is 0 Å². The first-order valence-corrected chi connectivity index (χ1v) is 4.30. The Bertz CT molecular complexity index is 140. The molecule has 0 aliphatic heterocycles. The standard InChI is InChI=1S/C8H14F3N/c9-8(10,11)5-7(3-4-12)6-1-2-6/h6-7H,1-5,12H2. The van der Waals surface area contributed by atoms with Crippen molar-refractivity contribution >= 4 is 0 Å². The van der Waals surface area contributed by atoms with E-state index in [9.17, 15) is 13.2 Å². The summed E-state index contributed by atoms with van der Waals surface area (Å²) in [7, 11) is 0. The molecule has 0 spiro atoms. The van der Waals surface area contributed by atoms with Gasteiger partial charge in [-0.2, -0.15) is 13.2 Å². The summed E-state index contributed by atoms with van der Waals surface area (Å²) in [4.78, 5) is 0. The molecule has 0 aromatic carbocycles. The fraction of sp³-hybridized carbons (Fsp3) is 1.00. The summed E-state index contributed by atoms with van der Waals surface area (Å²) in [5.74, 6) is 0.0881. The Kier molecular flexibility index (Phi) is 2.99.